The lowest BCUT2D eigenvalue weighted by Gasteiger charge is -2.06. The monoisotopic (exact) mass is 263 g/mol. The van der Waals surface area contributed by atoms with Gasteiger partial charge in [-0.3, -0.25) is 0 Å². The summed E-state index contributed by atoms with van der Waals surface area (Å²) in [5, 5.41) is 16.6. The van der Waals surface area contributed by atoms with E-state index in [1.807, 2.05) is 6.92 Å². The molecule has 0 atom stereocenters. The number of hydrogen-bond donors (Lipinski definition) is 1. The molecule has 0 saturated carbocycles. The Labute approximate surface area is 109 Å². The van der Waals surface area contributed by atoms with E-state index in [1.54, 1.807) is 16.8 Å². The van der Waals surface area contributed by atoms with Crippen LogP contribution in [0.4, 0.5) is 4.39 Å². The van der Waals surface area contributed by atoms with Crippen molar-refractivity contribution in [2.24, 2.45) is 0 Å². The molecule has 1 heterocycles. The summed E-state index contributed by atoms with van der Waals surface area (Å²) in [6.45, 7) is 2.34. The first-order chi connectivity index (χ1) is 9.11. The number of carboxylic acid groups (broad SMARTS) is 1. The molecule has 19 heavy (non-hydrogen) atoms. The lowest BCUT2D eigenvalue weighted by atomic mass is 10.2. The molecule has 0 aliphatic rings. The second-order valence-electron chi connectivity index (χ2n) is 4.22. The molecule has 0 amide bonds. The van der Waals surface area contributed by atoms with Gasteiger partial charge in [-0.25, -0.2) is 13.9 Å². The minimum absolute atomic E-state index is 0.0102. The van der Waals surface area contributed by atoms with E-state index < -0.39 is 5.97 Å². The van der Waals surface area contributed by atoms with E-state index in [-0.39, 0.29) is 11.5 Å². The van der Waals surface area contributed by atoms with Gasteiger partial charge in [-0.2, -0.15) is 0 Å². The van der Waals surface area contributed by atoms with Crippen molar-refractivity contribution in [2.45, 2.75) is 26.3 Å². The maximum atomic E-state index is 12.8. The van der Waals surface area contributed by atoms with Crippen molar-refractivity contribution < 1.29 is 14.3 Å². The first-order valence-electron chi connectivity index (χ1n) is 6.02. The zero-order valence-corrected chi connectivity index (χ0v) is 10.5. The number of rotatable bonds is 5. The minimum Gasteiger partial charge on any atom is -0.476 e. The molecule has 1 aromatic heterocycles. The molecule has 1 N–H and O–H groups in total. The number of benzene rings is 1. The fourth-order valence-electron chi connectivity index (χ4n) is 1.87. The Morgan fingerprint density at radius 1 is 1.37 bits per heavy atom. The molecular weight excluding hydrogens is 249 g/mol. The molecule has 0 spiro atoms. The summed E-state index contributed by atoms with van der Waals surface area (Å²) in [6.07, 6.45) is 1.40. The van der Waals surface area contributed by atoms with Crippen LogP contribution in [0.15, 0.2) is 24.3 Å². The lowest BCUT2D eigenvalue weighted by Crippen LogP contribution is -2.09. The standard InChI is InChI=1S/C13H14FN3O2/c1-2-3-11-12(13(18)19)15-16-17(11)8-9-4-6-10(14)7-5-9/h4-7H,2-3,8H2,1H3,(H,18,19). The fraction of sp³-hybridized carbons (Fsp3) is 0.308. The maximum Gasteiger partial charge on any atom is 0.358 e. The summed E-state index contributed by atoms with van der Waals surface area (Å²) < 4.78 is 14.4. The van der Waals surface area contributed by atoms with Gasteiger partial charge in [-0.05, 0) is 24.1 Å². The Balaban J connectivity index is 2.29. The largest absolute Gasteiger partial charge is 0.476 e. The molecule has 2 rings (SSSR count). The van der Waals surface area contributed by atoms with Crippen molar-refractivity contribution in [3.05, 3.63) is 47.0 Å². The van der Waals surface area contributed by atoms with E-state index in [4.69, 9.17) is 5.11 Å². The number of carboxylic acids is 1. The molecule has 0 fully saturated rings. The Kier molecular flexibility index (Phi) is 3.89. The van der Waals surface area contributed by atoms with Gasteiger partial charge in [0.2, 0.25) is 0 Å². The molecule has 0 radical (unpaired) electrons. The summed E-state index contributed by atoms with van der Waals surface area (Å²) in [5.41, 5.74) is 1.43. The van der Waals surface area contributed by atoms with E-state index in [0.717, 1.165) is 12.0 Å². The van der Waals surface area contributed by atoms with Gasteiger partial charge in [0, 0.05) is 0 Å². The topological polar surface area (TPSA) is 68.0 Å². The number of aromatic nitrogens is 3. The Morgan fingerprint density at radius 2 is 2.05 bits per heavy atom. The molecule has 100 valence electrons. The molecule has 5 nitrogen and oxygen atoms in total. The van der Waals surface area contributed by atoms with Crippen LogP contribution in [0.5, 0.6) is 0 Å². The quantitative estimate of drug-likeness (QED) is 0.897. The highest BCUT2D eigenvalue weighted by molar-refractivity contribution is 5.86. The second kappa shape index (κ2) is 5.60. The molecule has 1 aromatic carbocycles. The average molecular weight is 263 g/mol. The predicted molar refractivity (Wildman–Crippen MR) is 66.5 cm³/mol. The van der Waals surface area contributed by atoms with Gasteiger partial charge in [0.15, 0.2) is 5.69 Å². The third-order valence-corrected chi connectivity index (χ3v) is 2.77. The van der Waals surface area contributed by atoms with E-state index in [9.17, 15) is 9.18 Å². The van der Waals surface area contributed by atoms with Crippen molar-refractivity contribution in [3.8, 4) is 0 Å². The highest BCUT2D eigenvalue weighted by Crippen LogP contribution is 2.12. The van der Waals surface area contributed by atoms with Crippen LogP contribution in [0.2, 0.25) is 0 Å². The van der Waals surface area contributed by atoms with Crippen LogP contribution in [0, 0.1) is 5.82 Å². The van der Waals surface area contributed by atoms with Crippen LogP contribution in [-0.4, -0.2) is 26.1 Å². The number of carbonyl (C=O) groups is 1. The average Bonchev–Trinajstić information content (AvgIpc) is 2.76. The fourth-order valence-corrected chi connectivity index (χ4v) is 1.87. The van der Waals surface area contributed by atoms with Crippen LogP contribution in [0.3, 0.4) is 0 Å². The molecule has 0 saturated heterocycles. The maximum absolute atomic E-state index is 12.8. The van der Waals surface area contributed by atoms with Crippen molar-refractivity contribution in [3.63, 3.8) is 0 Å². The first-order valence-corrected chi connectivity index (χ1v) is 6.02. The Bertz CT molecular complexity index is 578. The first kappa shape index (κ1) is 13.2. The summed E-state index contributed by atoms with van der Waals surface area (Å²) in [6, 6.07) is 6.02. The Hall–Kier alpha value is -2.24. The summed E-state index contributed by atoms with van der Waals surface area (Å²) in [5.74, 6) is -1.38. The van der Waals surface area contributed by atoms with Crippen molar-refractivity contribution in [1.82, 2.24) is 15.0 Å². The van der Waals surface area contributed by atoms with E-state index in [2.05, 4.69) is 10.3 Å². The zero-order valence-electron chi connectivity index (χ0n) is 10.5. The van der Waals surface area contributed by atoms with Crippen molar-refractivity contribution in [2.75, 3.05) is 0 Å². The van der Waals surface area contributed by atoms with E-state index in [0.29, 0.717) is 18.7 Å². The number of hydrogen-bond acceptors (Lipinski definition) is 3. The van der Waals surface area contributed by atoms with Crippen LogP contribution in [-0.2, 0) is 13.0 Å². The molecule has 0 aliphatic heterocycles. The normalized spacial score (nSPS) is 10.6. The molecule has 0 unspecified atom stereocenters. The smallest absolute Gasteiger partial charge is 0.358 e. The molecule has 0 bridgehead atoms. The van der Waals surface area contributed by atoms with Gasteiger partial charge < -0.3 is 5.11 Å². The van der Waals surface area contributed by atoms with E-state index >= 15 is 0 Å². The van der Waals surface area contributed by atoms with Crippen LogP contribution < -0.4 is 0 Å². The third kappa shape index (κ3) is 2.96. The molecule has 0 aliphatic carbocycles. The SMILES string of the molecule is CCCc1c(C(=O)O)nnn1Cc1ccc(F)cc1. The number of halogens is 1. The van der Waals surface area contributed by atoms with Crippen LogP contribution in [0.25, 0.3) is 0 Å². The van der Waals surface area contributed by atoms with Crippen molar-refractivity contribution in [1.29, 1.82) is 0 Å². The van der Waals surface area contributed by atoms with Crippen molar-refractivity contribution >= 4 is 5.97 Å². The minimum atomic E-state index is -1.08. The molecule has 6 heteroatoms. The van der Waals surface area contributed by atoms with Gasteiger partial charge in [-0.1, -0.05) is 30.7 Å². The third-order valence-electron chi connectivity index (χ3n) is 2.77. The lowest BCUT2D eigenvalue weighted by molar-refractivity contribution is 0.0689. The highest BCUT2D eigenvalue weighted by atomic mass is 19.1. The predicted octanol–water partition coefficient (Wildman–Crippen LogP) is 2.12. The summed E-state index contributed by atoms with van der Waals surface area (Å²) >= 11 is 0. The summed E-state index contributed by atoms with van der Waals surface area (Å²) in [7, 11) is 0. The van der Waals surface area contributed by atoms with Gasteiger partial charge in [0.05, 0.1) is 12.2 Å². The molecule has 2 aromatic rings. The number of aromatic carboxylic acids is 1. The van der Waals surface area contributed by atoms with E-state index in [1.165, 1.54) is 12.1 Å². The molecular formula is C13H14FN3O2. The van der Waals surface area contributed by atoms with Crippen LogP contribution in [0.1, 0.15) is 35.1 Å². The van der Waals surface area contributed by atoms with Gasteiger partial charge in [0.25, 0.3) is 0 Å². The zero-order chi connectivity index (χ0) is 13.8. The second-order valence-corrected chi connectivity index (χ2v) is 4.22. The summed E-state index contributed by atoms with van der Waals surface area (Å²) in [4.78, 5) is 11.0. The Morgan fingerprint density at radius 3 is 2.63 bits per heavy atom. The van der Waals surface area contributed by atoms with Gasteiger partial charge >= 0.3 is 5.97 Å². The van der Waals surface area contributed by atoms with Gasteiger partial charge in [-0.15, -0.1) is 5.10 Å². The highest BCUT2D eigenvalue weighted by Gasteiger charge is 2.18. The number of nitrogens with zero attached hydrogens (tertiary/aromatic N) is 3. The van der Waals surface area contributed by atoms with Gasteiger partial charge in [0.1, 0.15) is 5.82 Å². The van der Waals surface area contributed by atoms with Crippen LogP contribution >= 0.6 is 0 Å².